The molecule has 0 radical (unpaired) electrons. The highest BCUT2D eigenvalue weighted by Crippen LogP contribution is 2.32. The van der Waals surface area contributed by atoms with Crippen LogP contribution >= 0.6 is 0 Å². The maximum atomic E-state index is 10.8. The van der Waals surface area contributed by atoms with Crippen LogP contribution in [0.25, 0.3) is 10.9 Å². The van der Waals surface area contributed by atoms with Crippen molar-refractivity contribution < 1.29 is 4.92 Å². The van der Waals surface area contributed by atoms with Crippen molar-refractivity contribution in [3.05, 3.63) is 34.6 Å². The van der Waals surface area contributed by atoms with Crippen molar-refractivity contribution in [2.45, 2.75) is 18.9 Å². The zero-order chi connectivity index (χ0) is 14.1. The van der Waals surface area contributed by atoms with Gasteiger partial charge in [0.05, 0.1) is 10.4 Å². The molecule has 1 aromatic carbocycles. The molecule has 1 aliphatic carbocycles. The molecule has 1 fully saturated rings. The Hall–Kier alpha value is -2.28. The largest absolute Gasteiger partial charge is 0.368 e. The molecule has 3 rings (SSSR count). The monoisotopic (exact) mass is 273 g/mol. The van der Waals surface area contributed by atoms with E-state index in [0.29, 0.717) is 29.2 Å². The van der Waals surface area contributed by atoms with Crippen LogP contribution in [0.3, 0.4) is 0 Å². The van der Waals surface area contributed by atoms with Crippen molar-refractivity contribution in [3.8, 4) is 0 Å². The van der Waals surface area contributed by atoms with Gasteiger partial charge >= 0.3 is 0 Å². The summed E-state index contributed by atoms with van der Waals surface area (Å²) in [6.07, 6.45) is 3.80. The number of non-ortho nitro benzene ring substituents is 1. The lowest BCUT2D eigenvalue weighted by atomic mass is 10.2. The van der Waals surface area contributed by atoms with Crippen LogP contribution in [0.15, 0.2) is 24.5 Å². The van der Waals surface area contributed by atoms with Gasteiger partial charge in [0.2, 0.25) is 0 Å². The maximum Gasteiger partial charge on any atom is 0.270 e. The Bertz CT molecular complexity index is 656. The number of nitrogens with zero attached hydrogens (tertiary/aromatic N) is 3. The summed E-state index contributed by atoms with van der Waals surface area (Å²) in [7, 11) is 0. The fraction of sp³-hybridized carbons (Fsp3) is 0.385. The van der Waals surface area contributed by atoms with Crippen LogP contribution in [0.4, 0.5) is 11.5 Å². The highest BCUT2D eigenvalue weighted by Gasteiger charge is 2.28. The second-order valence-corrected chi connectivity index (χ2v) is 5.06. The van der Waals surface area contributed by atoms with Gasteiger partial charge in [-0.2, -0.15) is 0 Å². The van der Waals surface area contributed by atoms with Crippen molar-refractivity contribution >= 4 is 22.4 Å². The fourth-order valence-electron chi connectivity index (χ4n) is 2.20. The molecule has 104 valence electrons. The number of aromatic nitrogens is 2. The van der Waals surface area contributed by atoms with Crippen molar-refractivity contribution in [3.63, 3.8) is 0 Å². The second-order valence-electron chi connectivity index (χ2n) is 5.06. The Morgan fingerprint density at radius 2 is 2.25 bits per heavy atom. The van der Waals surface area contributed by atoms with E-state index in [9.17, 15) is 10.1 Å². The topological polar surface area (TPSA) is 107 Å². The zero-order valence-corrected chi connectivity index (χ0v) is 10.8. The number of anilines is 1. The lowest BCUT2D eigenvalue weighted by Gasteiger charge is -2.13. The molecular weight excluding hydrogens is 258 g/mol. The lowest BCUT2D eigenvalue weighted by molar-refractivity contribution is -0.384. The summed E-state index contributed by atoms with van der Waals surface area (Å²) in [5, 5.41) is 14.7. The fourth-order valence-corrected chi connectivity index (χ4v) is 2.20. The summed E-state index contributed by atoms with van der Waals surface area (Å²) >= 11 is 0. The molecule has 1 aliphatic rings. The molecule has 7 nitrogen and oxygen atoms in total. The van der Waals surface area contributed by atoms with E-state index in [1.807, 2.05) is 0 Å². The van der Waals surface area contributed by atoms with Crippen molar-refractivity contribution in [2.75, 3.05) is 11.9 Å². The lowest BCUT2D eigenvalue weighted by Crippen LogP contribution is -2.31. The number of nitro benzene ring substituents is 1. The molecule has 0 saturated heterocycles. The summed E-state index contributed by atoms with van der Waals surface area (Å²) in [5.41, 5.74) is 6.74. The number of benzene rings is 1. The van der Waals surface area contributed by atoms with Gasteiger partial charge < -0.3 is 11.1 Å². The van der Waals surface area contributed by atoms with Crippen LogP contribution in [0, 0.1) is 16.0 Å². The van der Waals surface area contributed by atoms with Gasteiger partial charge in [-0.3, -0.25) is 10.1 Å². The molecule has 0 aliphatic heterocycles. The van der Waals surface area contributed by atoms with E-state index in [2.05, 4.69) is 15.3 Å². The Morgan fingerprint density at radius 1 is 1.45 bits per heavy atom. The molecule has 1 aromatic heterocycles. The van der Waals surface area contributed by atoms with Crippen LogP contribution in [0.1, 0.15) is 12.8 Å². The number of nitrogens with two attached hydrogens (primary N) is 1. The minimum atomic E-state index is -0.424. The number of fused-ring (bicyclic) bond motifs is 1. The standard InChI is InChI=1S/C13H15N5O2/c14-11(8-1-2-8)6-15-13-10-5-9(18(19)20)3-4-12(10)16-7-17-13/h3-5,7-8,11H,1-2,6,14H2,(H,15,16,17). The van der Waals surface area contributed by atoms with Crippen molar-refractivity contribution in [1.82, 2.24) is 9.97 Å². The molecule has 1 heterocycles. The number of nitro groups is 1. The number of hydrogen-bond donors (Lipinski definition) is 2. The number of rotatable bonds is 5. The van der Waals surface area contributed by atoms with Gasteiger partial charge in [-0.05, 0) is 24.8 Å². The molecule has 1 saturated carbocycles. The SMILES string of the molecule is NC(CNc1ncnc2ccc([N+](=O)[O-])cc12)C1CC1. The van der Waals surface area contributed by atoms with E-state index in [-0.39, 0.29) is 11.7 Å². The van der Waals surface area contributed by atoms with Crippen LogP contribution in [0.5, 0.6) is 0 Å². The average Bonchev–Trinajstić information content (AvgIpc) is 3.28. The third-order valence-electron chi connectivity index (χ3n) is 3.56. The van der Waals surface area contributed by atoms with Gasteiger partial charge in [-0.1, -0.05) is 0 Å². The summed E-state index contributed by atoms with van der Waals surface area (Å²) in [6.45, 7) is 0.611. The first kappa shape index (κ1) is 12.7. The summed E-state index contributed by atoms with van der Waals surface area (Å²) in [5.74, 6) is 1.18. The minimum absolute atomic E-state index is 0.0295. The van der Waals surface area contributed by atoms with Crippen LogP contribution in [-0.4, -0.2) is 27.5 Å². The smallest absolute Gasteiger partial charge is 0.270 e. The Kier molecular flexibility index (Phi) is 3.19. The molecular formula is C13H15N5O2. The molecule has 0 bridgehead atoms. The molecule has 3 N–H and O–H groups in total. The first-order valence-corrected chi connectivity index (χ1v) is 6.54. The molecule has 1 unspecified atom stereocenters. The van der Waals surface area contributed by atoms with Crippen molar-refractivity contribution in [1.29, 1.82) is 0 Å². The molecule has 20 heavy (non-hydrogen) atoms. The minimum Gasteiger partial charge on any atom is -0.368 e. The van der Waals surface area contributed by atoms with Gasteiger partial charge in [-0.15, -0.1) is 0 Å². The van der Waals surface area contributed by atoms with Gasteiger partial charge in [0.25, 0.3) is 5.69 Å². The molecule has 1 atom stereocenters. The average molecular weight is 273 g/mol. The van der Waals surface area contributed by atoms with E-state index >= 15 is 0 Å². The van der Waals surface area contributed by atoms with E-state index in [1.54, 1.807) is 6.07 Å². The van der Waals surface area contributed by atoms with E-state index in [0.717, 1.165) is 0 Å². The maximum absolute atomic E-state index is 10.8. The normalized spacial score (nSPS) is 16.1. The summed E-state index contributed by atoms with van der Waals surface area (Å²) in [6, 6.07) is 4.65. The second kappa shape index (κ2) is 5.01. The predicted molar refractivity (Wildman–Crippen MR) is 75.4 cm³/mol. The Morgan fingerprint density at radius 3 is 2.95 bits per heavy atom. The number of nitrogens with one attached hydrogen (secondary N) is 1. The van der Waals surface area contributed by atoms with Gasteiger partial charge in [0, 0.05) is 30.1 Å². The van der Waals surface area contributed by atoms with E-state index in [4.69, 9.17) is 5.73 Å². The van der Waals surface area contributed by atoms with Gasteiger partial charge in [-0.25, -0.2) is 9.97 Å². The predicted octanol–water partition coefficient (Wildman–Crippen LogP) is 1.69. The molecule has 7 heteroatoms. The first-order chi connectivity index (χ1) is 9.65. The van der Waals surface area contributed by atoms with Crippen LogP contribution < -0.4 is 11.1 Å². The zero-order valence-electron chi connectivity index (χ0n) is 10.8. The molecule has 0 spiro atoms. The highest BCUT2D eigenvalue weighted by atomic mass is 16.6. The first-order valence-electron chi connectivity index (χ1n) is 6.54. The van der Waals surface area contributed by atoms with E-state index < -0.39 is 4.92 Å². The highest BCUT2D eigenvalue weighted by molar-refractivity contribution is 5.90. The van der Waals surface area contributed by atoms with E-state index in [1.165, 1.54) is 31.3 Å². The summed E-state index contributed by atoms with van der Waals surface area (Å²) < 4.78 is 0. The van der Waals surface area contributed by atoms with Crippen LogP contribution in [-0.2, 0) is 0 Å². The Labute approximate surface area is 115 Å². The van der Waals surface area contributed by atoms with Crippen LogP contribution in [0.2, 0.25) is 0 Å². The Balaban J connectivity index is 1.88. The third-order valence-corrected chi connectivity index (χ3v) is 3.56. The number of hydrogen-bond acceptors (Lipinski definition) is 6. The third kappa shape index (κ3) is 2.53. The molecule has 0 amide bonds. The van der Waals surface area contributed by atoms with Gasteiger partial charge in [0.1, 0.15) is 12.1 Å². The molecule has 2 aromatic rings. The van der Waals surface area contributed by atoms with Gasteiger partial charge in [0.15, 0.2) is 0 Å². The quantitative estimate of drug-likeness (QED) is 0.634. The summed E-state index contributed by atoms with van der Waals surface area (Å²) in [4.78, 5) is 18.7. The van der Waals surface area contributed by atoms with Crippen molar-refractivity contribution in [2.24, 2.45) is 11.7 Å².